The Morgan fingerprint density at radius 3 is 2.77 bits per heavy atom. The van der Waals surface area contributed by atoms with Crippen LogP contribution in [0.2, 0.25) is 0 Å². The van der Waals surface area contributed by atoms with E-state index in [1.54, 1.807) is 43.8 Å². The van der Waals surface area contributed by atoms with E-state index in [-0.39, 0.29) is 25.1 Å². The SMILES string of the molecule is CCC(Cn1ccc2cnc(NC(C=NCC(O)OC(C)C)=CN)nc21)CC(F)(F)F. The molecule has 0 aliphatic rings. The molecule has 2 rings (SSSR count). The zero-order valence-corrected chi connectivity index (χ0v) is 17.8. The van der Waals surface area contributed by atoms with E-state index in [2.05, 4.69) is 20.3 Å². The molecular weight excluding hydrogens is 413 g/mol. The molecule has 0 aliphatic carbocycles. The number of anilines is 1. The van der Waals surface area contributed by atoms with Crippen LogP contribution in [0.15, 0.2) is 35.3 Å². The molecule has 0 radical (unpaired) electrons. The number of hydrogen-bond acceptors (Lipinski definition) is 7. The fourth-order valence-electron chi connectivity index (χ4n) is 2.97. The number of nitrogens with one attached hydrogen (secondary N) is 1. The highest BCUT2D eigenvalue weighted by Crippen LogP contribution is 2.28. The van der Waals surface area contributed by atoms with Crippen LogP contribution in [0.5, 0.6) is 0 Å². The molecule has 0 spiro atoms. The average Bonchev–Trinajstić information content (AvgIpc) is 3.07. The number of aliphatic hydroxyl groups excluding tert-OH is 1. The quantitative estimate of drug-likeness (QED) is 0.363. The first-order valence-electron chi connectivity index (χ1n) is 10.0. The van der Waals surface area contributed by atoms with Crippen molar-refractivity contribution in [1.82, 2.24) is 14.5 Å². The number of nitrogens with two attached hydrogens (primary N) is 1. The fraction of sp³-hybridized carbons (Fsp3) is 0.550. The highest BCUT2D eigenvalue weighted by Gasteiger charge is 2.31. The summed E-state index contributed by atoms with van der Waals surface area (Å²) in [6.45, 7) is 5.57. The zero-order valence-electron chi connectivity index (χ0n) is 17.8. The molecule has 0 fully saturated rings. The molecule has 0 aromatic carbocycles. The molecule has 0 saturated heterocycles. The summed E-state index contributed by atoms with van der Waals surface area (Å²) in [6, 6.07) is 1.76. The molecule has 0 bridgehead atoms. The normalized spacial score (nSPS) is 15.2. The lowest BCUT2D eigenvalue weighted by atomic mass is 10.0. The topological polar surface area (TPSA) is 111 Å². The predicted octanol–water partition coefficient (Wildman–Crippen LogP) is 3.44. The van der Waals surface area contributed by atoms with Gasteiger partial charge in [0.25, 0.3) is 0 Å². The van der Waals surface area contributed by atoms with E-state index < -0.39 is 24.8 Å². The van der Waals surface area contributed by atoms with Crippen LogP contribution in [0.4, 0.5) is 19.1 Å². The molecular formula is C20H29F3N6O2. The number of ether oxygens (including phenoxy) is 1. The lowest BCUT2D eigenvalue weighted by Gasteiger charge is -2.18. The Morgan fingerprint density at radius 1 is 1.42 bits per heavy atom. The first-order chi connectivity index (χ1) is 14.6. The number of aromatic nitrogens is 3. The zero-order chi connectivity index (χ0) is 23.0. The van der Waals surface area contributed by atoms with Crippen LogP contribution >= 0.6 is 0 Å². The van der Waals surface area contributed by atoms with Crippen LogP contribution in [-0.2, 0) is 11.3 Å². The Bertz CT molecular complexity index is 895. The first-order valence-corrected chi connectivity index (χ1v) is 10.0. The maximum absolute atomic E-state index is 12.8. The number of nitrogens with zero attached hydrogens (tertiary/aromatic N) is 4. The second kappa shape index (κ2) is 11.1. The van der Waals surface area contributed by atoms with Crippen molar-refractivity contribution in [2.45, 2.75) is 58.7 Å². The van der Waals surface area contributed by atoms with Crippen LogP contribution in [0.25, 0.3) is 11.0 Å². The van der Waals surface area contributed by atoms with Gasteiger partial charge >= 0.3 is 6.18 Å². The van der Waals surface area contributed by atoms with E-state index >= 15 is 0 Å². The maximum atomic E-state index is 12.8. The Kier molecular flexibility index (Phi) is 8.81. The molecule has 11 heteroatoms. The first kappa shape index (κ1) is 24.6. The summed E-state index contributed by atoms with van der Waals surface area (Å²) >= 11 is 0. The van der Waals surface area contributed by atoms with Gasteiger partial charge in [-0.1, -0.05) is 13.3 Å². The van der Waals surface area contributed by atoms with Gasteiger partial charge in [-0.15, -0.1) is 0 Å². The van der Waals surface area contributed by atoms with Gasteiger partial charge in [0, 0.05) is 43.2 Å². The molecule has 31 heavy (non-hydrogen) atoms. The number of alkyl halides is 3. The molecule has 2 atom stereocenters. The minimum Gasteiger partial charge on any atom is -0.403 e. The van der Waals surface area contributed by atoms with Crippen LogP contribution in [0.1, 0.15) is 33.6 Å². The highest BCUT2D eigenvalue weighted by atomic mass is 19.4. The maximum Gasteiger partial charge on any atom is 0.389 e. The molecule has 2 heterocycles. The molecule has 2 unspecified atom stereocenters. The molecule has 0 amide bonds. The summed E-state index contributed by atoms with van der Waals surface area (Å²) in [5, 5.41) is 13.3. The Balaban J connectivity index is 2.10. The van der Waals surface area contributed by atoms with Crippen molar-refractivity contribution in [3.8, 4) is 0 Å². The summed E-state index contributed by atoms with van der Waals surface area (Å²) in [4.78, 5) is 12.7. The standard InChI is InChI=1S/C20H29F3N6O2/c1-4-14(7-20(21,22)23)12-29-6-5-15-9-26-19(28-18(15)29)27-16(8-24)10-25-11-17(30)31-13(2)3/h5-6,8-10,13-14,17,30H,4,7,11-12,24H2,1-3H3,(H,26,27,28). The minimum absolute atomic E-state index is 0.0254. The van der Waals surface area contributed by atoms with Gasteiger partial charge in [0.05, 0.1) is 18.3 Å². The number of halogens is 3. The number of hydrogen-bond donors (Lipinski definition) is 3. The van der Waals surface area contributed by atoms with E-state index in [1.165, 1.54) is 12.4 Å². The summed E-state index contributed by atoms with van der Waals surface area (Å²) in [5.74, 6) is -0.327. The third kappa shape index (κ3) is 8.18. The van der Waals surface area contributed by atoms with Crippen molar-refractivity contribution in [1.29, 1.82) is 0 Å². The molecule has 0 saturated carbocycles. The van der Waals surface area contributed by atoms with Crippen LogP contribution in [-0.4, -0.2) is 51.0 Å². The van der Waals surface area contributed by atoms with E-state index in [0.717, 1.165) is 0 Å². The number of fused-ring (bicyclic) bond motifs is 1. The minimum atomic E-state index is -4.21. The van der Waals surface area contributed by atoms with Crippen molar-refractivity contribution in [2.75, 3.05) is 11.9 Å². The third-order valence-corrected chi connectivity index (χ3v) is 4.41. The second-order valence-electron chi connectivity index (χ2n) is 7.41. The average molecular weight is 442 g/mol. The molecule has 8 nitrogen and oxygen atoms in total. The smallest absolute Gasteiger partial charge is 0.389 e. The number of aliphatic hydroxyl groups is 1. The van der Waals surface area contributed by atoms with Crippen molar-refractivity contribution < 1.29 is 23.0 Å². The van der Waals surface area contributed by atoms with Gasteiger partial charge in [-0.05, 0) is 25.8 Å². The van der Waals surface area contributed by atoms with E-state index in [4.69, 9.17) is 10.5 Å². The predicted molar refractivity (Wildman–Crippen MR) is 113 cm³/mol. The van der Waals surface area contributed by atoms with Gasteiger partial charge in [-0.2, -0.15) is 18.2 Å². The van der Waals surface area contributed by atoms with Gasteiger partial charge in [0.1, 0.15) is 5.65 Å². The lowest BCUT2D eigenvalue weighted by Crippen LogP contribution is -2.20. The fourth-order valence-corrected chi connectivity index (χ4v) is 2.97. The lowest BCUT2D eigenvalue weighted by molar-refractivity contribution is -0.145. The molecule has 172 valence electrons. The Morgan fingerprint density at radius 2 is 2.16 bits per heavy atom. The summed E-state index contributed by atoms with van der Waals surface area (Å²) in [5.41, 5.74) is 6.51. The van der Waals surface area contributed by atoms with Crippen LogP contribution < -0.4 is 11.1 Å². The monoisotopic (exact) mass is 442 g/mol. The van der Waals surface area contributed by atoms with Gasteiger partial charge in [-0.25, -0.2) is 4.98 Å². The van der Waals surface area contributed by atoms with Crippen molar-refractivity contribution in [3.63, 3.8) is 0 Å². The van der Waals surface area contributed by atoms with Gasteiger partial charge in [-0.3, -0.25) is 4.99 Å². The van der Waals surface area contributed by atoms with E-state index in [9.17, 15) is 18.3 Å². The third-order valence-electron chi connectivity index (χ3n) is 4.41. The van der Waals surface area contributed by atoms with Gasteiger partial charge in [0.15, 0.2) is 6.29 Å². The second-order valence-corrected chi connectivity index (χ2v) is 7.41. The molecule has 4 N–H and O–H groups in total. The van der Waals surface area contributed by atoms with E-state index in [1.807, 2.05) is 0 Å². The van der Waals surface area contributed by atoms with Gasteiger partial charge < -0.3 is 25.5 Å². The summed E-state index contributed by atoms with van der Waals surface area (Å²) in [6.07, 6.45) is 0.149. The molecule has 2 aromatic rings. The summed E-state index contributed by atoms with van der Waals surface area (Å²) < 4.78 is 45.3. The van der Waals surface area contributed by atoms with Crippen molar-refractivity contribution >= 4 is 23.2 Å². The van der Waals surface area contributed by atoms with Crippen molar-refractivity contribution in [3.05, 3.63) is 30.4 Å². The molecule has 2 aromatic heterocycles. The van der Waals surface area contributed by atoms with Crippen LogP contribution in [0.3, 0.4) is 0 Å². The number of aliphatic imine (C=N–C) groups is 1. The van der Waals surface area contributed by atoms with Crippen molar-refractivity contribution in [2.24, 2.45) is 16.6 Å². The van der Waals surface area contributed by atoms with Gasteiger partial charge in [0.2, 0.25) is 5.95 Å². The van der Waals surface area contributed by atoms with E-state index in [0.29, 0.717) is 23.2 Å². The van der Waals surface area contributed by atoms with Crippen LogP contribution in [0, 0.1) is 5.92 Å². The summed E-state index contributed by atoms with van der Waals surface area (Å²) in [7, 11) is 0. The number of rotatable bonds is 11. The highest BCUT2D eigenvalue weighted by molar-refractivity contribution is 5.83. The molecule has 0 aliphatic heterocycles. The Hall–Kier alpha value is -2.66. The number of allylic oxidation sites excluding steroid dienone is 1. The largest absolute Gasteiger partial charge is 0.403 e. The Labute approximate surface area is 179 Å².